The molecular formula is C6H12O6S. The Balaban J connectivity index is 2.47. The van der Waals surface area contributed by atoms with Gasteiger partial charge in [0.15, 0.2) is 0 Å². The summed E-state index contributed by atoms with van der Waals surface area (Å²) in [4.78, 5) is 0. The van der Waals surface area contributed by atoms with E-state index in [1.54, 1.807) is 0 Å². The minimum Gasteiger partial charge on any atom is -0.394 e. The summed E-state index contributed by atoms with van der Waals surface area (Å²) in [5.41, 5.74) is -1.06. The first-order valence-corrected chi connectivity index (χ1v) is 5.32. The summed E-state index contributed by atoms with van der Waals surface area (Å²) in [6.45, 7) is 0.0289. The zero-order valence-electron chi connectivity index (χ0n) is 7.01. The minimum atomic E-state index is -3.75. The maximum absolute atomic E-state index is 11.2. The molecule has 1 N–H and O–H groups in total. The van der Waals surface area contributed by atoms with E-state index in [2.05, 4.69) is 4.18 Å². The minimum absolute atomic E-state index is 0.0201. The van der Waals surface area contributed by atoms with Crippen molar-refractivity contribution in [1.82, 2.24) is 0 Å². The maximum atomic E-state index is 11.2. The van der Waals surface area contributed by atoms with Crippen molar-refractivity contribution in [3.05, 3.63) is 0 Å². The van der Waals surface area contributed by atoms with Gasteiger partial charge in [-0.05, 0) is 0 Å². The predicted molar refractivity (Wildman–Crippen MR) is 42.5 cm³/mol. The van der Waals surface area contributed by atoms with E-state index in [1.807, 2.05) is 0 Å². The van der Waals surface area contributed by atoms with Gasteiger partial charge in [-0.25, -0.2) is 0 Å². The van der Waals surface area contributed by atoms with Crippen molar-refractivity contribution >= 4 is 10.1 Å². The lowest BCUT2D eigenvalue weighted by atomic mass is 10.6. The Morgan fingerprint density at radius 1 is 1.46 bits per heavy atom. The normalized spacial score (nSPS) is 24.5. The molecule has 0 amide bonds. The Morgan fingerprint density at radius 3 is 2.77 bits per heavy atom. The zero-order valence-corrected chi connectivity index (χ0v) is 7.83. The van der Waals surface area contributed by atoms with Gasteiger partial charge in [-0.3, -0.25) is 4.18 Å². The monoisotopic (exact) mass is 212 g/mol. The molecule has 1 atom stereocenters. The van der Waals surface area contributed by atoms with Crippen LogP contribution < -0.4 is 0 Å². The van der Waals surface area contributed by atoms with Crippen LogP contribution >= 0.6 is 0 Å². The Labute approximate surface area is 76.5 Å². The van der Waals surface area contributed by atoms with Gasteiger partial charge in [0.2, 0.25) is 5.44 Å². The van der Waals surface area contributed by atoms with E-state index in [0.717, 1.165) is 0 Å². The van der Waals surface area contributed by atoms with Gasteiger partial charge in [-0.1, -0.05) is 0 Å². The number of hydrogen-bond acceptors (Lipinski definition) is 6. The topological polar surface area (TPSA) is 82.1 Å². The lowest BCUT2D eigenvalue weighted by Crippen LogP contribution is -2.36. The maximum Gasteiger partial charge on any atom is 0.297 e. The van der Waals surface area contributed by atoms with Gasteiger partial charge in [0, 0.05) is 0 Å². The molecule has 0 aromatic carbocycles. The van der Waals surface area contributed by atoms with E-state index in [-0.39, 0.29) is 26.4 Å². The van der Waals surface area contributed by atoms with E-state index in [4.69, 9.17) is 14.6 Å². The van der Waals surface area contributed by atoms with Crippen molar-refractivity contribution in [3.8, 4) is 0 Å². The quantitative estimate of drug-likeness (QED) is 0.583. The molecule has 0 saturated carbocycles. The van der Waals surface area contributed by atoms with Crippen LogP contribution in [0.5, 0.6) is 0 Å². The van der Waals surface area contributed by atoms with Crippen molar-refractivity contribution < 1.29 is 27.2 Å². The molecule has 0 aromatic heterocycles. The van der Waals surface area contributed by atoms with Crippen LogP contribution in [0.15, 0.2) is 0 Å². The van der Waals surface area contributed by atoms with Crippen LogP contribution in [0.4, 0.5) is 0 Å². The molecule has 0 bridgehead atoms. The third kappa shape index (κ3) is 3.20. The molecule has 78 valence electrons. The van der Waals surface area contributed by atoms with Crippen LogP contribution in [-0.2, 0) is 23.8 Å². The molecule has 1 fully saturated rings. The third-order valence-corrected chi connectivity index (χ3v) is 2.86. The Kier molecular flexibility index (Phi) is 4.07. The second-order valence-corrected chi connectivity index (χ2v) is 4.16. The zero-order chi connectivity index (χ0) is 9.73. The molecule has 0 aliphatic carbocycles. The summed E-state index contributed by atoms with van der Waals surface area (Å²) in [5, 5.41) is 8.37. The van der Waals surface area contributed by atoms with Gasteiger partial charge in [-0.2, -0.15) is 8.42 Å². The highest BCUT2D eigenvalue weighted by Crippen LogP contribution is 2.10. The molecule has 0 spiro atoms. The SMILES string of the molecule is O=S(=O)(OCCO)C1COCCO1. The fourth-order valence-corrected chi connectivity index (χ4v) is 1.85. The molecule has 1 heterocycles. The Morgan fingerprint density at radius 2 is 2.23 bits per heavy atom. The van der Waals surface area contributed by atoms with Crippen LogP contribution in [0.2, 0.25) is 0 Å². The second-order valence-electron chi connectivity index (χ2n) is 2.41. The highest BCUT2D eigenvalue weighted by atomic mass is 32.2. The number of hydrogen-bond donors (Lipinski definition) is 1. The predicted octanol–water partition coefficient (Wildman–Crippen LogP) is -1.30. The molecule has 1 unspecified atom stereocenters. The molecule has 1 aliphatic rings. The standard InChI is InChI=1S/C6H12O6S/c7-1-2-12-13(8,9)6-5-10-3-4-11-6/h6-7H,1-5H2. The van der Waals surface area contributed by atoms with Gasteiger partial charge in [-0.15, -0.1) is 0 Å². The smallest absolute Gasteiger partial charge is 0.297 e. The molecule has 7 heteroatoms. The molecular weight excluding hydrogens is 200 g/mol. The first-order chi connectivity index (χ1) is 6.17. The molecule has 13 heavy (non-hydrogen) atoms. The fraction of sp³-hybridized carbons (Fsp3) is 1.00. The summed E-state index contributed by atoms with van der Waals surface area (Å²) in [7, 11) is -3.75. The van der Waals surface area contributed by atoms with Crippen LogP contribution in [-0.4, -0.2) is 52.0 Å². The van der Waals surface area contributed by atoms with Crippen LogP contribution in [0.25, 0.3) is 0 Å². The number of aliphatic hydroxyl groups excluding tert-OH is 1. The van der Waals surface area contributed by atoms with Crippen molar-refractivity contribution in [2.45, 2.75) is 5.44 Å². The Bertz CT molecular complexity index is 230. The van der Waals surface area contributed by atoms with Gasteiger partial charge in [0.25, 0.3) is 10.1 Å². The van der Waals surface area contributed by atoms with Crippen molar-refractivity contribution in [2.24, 2.45) is 0 Å². The summed E-state index contributed by atoms with van der Waals surface area (Å²) in [5.74, 6) is 0. The lowest BCUT2D eigenvalue weighted by molar-refractivity contribution is -0.0577. The number of aliphatic hydroxyl groups is 1. The van der Waals surface area contributed by atoms with Crippen LogP contribution in [0, 0.1) is 0 Å². The molecule has 6 nitrogen and oxygen atoms in total. The molecule has 1 rings (SSSR count). The lowest BCUT2D eigenvalue weighted by Gasteiger charge is -2.21. The number of ether oxygens (including phenoxy) is 2. The molecule has 1 saturated heterocycles. The first kappa shape index (κ1) is 10.9. The highest BCUT2D eigenvalue weighted by molar-refractivity contribution is 7.87. The molecule has 0 radical (unpaired) electrons. The molecule has 0 aromatic rings. The van der Waals surface area contributed by atoms with Crippen molar-refractivity contribution in [1.29, 1.82) is 0 Å². The molecule has 1 aliphatic heterocycles. The van der Waals surface area contributed by atoms with E-state index < -0.39 is 15.6 Å². The van der Waals surface area contributed by atoms with Crippen molar-refractivity contribution in [2.75, 3.05) is 33.0 Å². The van der Waals surface area contributed by atoms with Crippen LogP contribution in [0.1, 0.15) is 0 Å². The van der Waals surface area contributed by atoms with E-state index in [9.17, 15) is 8.42 Å². The largest absolute Gasteiger partial charge is 0.394 e. The second kappa shape index (κ2) is 4.87. The summed E-state index contributed by atoms with van der Waals surface area (Å²) >= 11 is 0. The summed E-state index contributed by atoms with van der Waals surface area (Å²) < 4.78 is 36.7. The fourth-order valence-electron chi connectivity index (χ4n) is 0.862. The van der Waals surface area contributed by atoms with Gasteiger partial charge < -0.3 is 14.6 Å². The van der Waals surface area contributed by atoms with Gasteiger partial charge in [0.05, 0.1) is 33.0 Å². The highest BCUT2D eigenvalue weighted by Gasteiger charge is 2.29. The van der Waals surface area contributed by atoms with Crippen LogP contribution in [0.3, 0.4) is 0 Å². The average Bonchev–Trinajstić information content (AvgIpc) is 2.16. The average molecular weight is 212 g/mol. The summed E-state index contributed by atoms with van der Waals surface area (Å²) in [6.07, 6.45) is 0. The van der Waals surface area contributed by atoms with Crippen molar-refractivity contribution in [3.63, 3.8) is 0 Å². The van der Waals surface area contributed by atoms with E-state index in [0.29, 0.717) is 6.61 Å². The number of rotatable bonds is 4. The third-order valence-electron chi connectivity index (χ3n) is 1.45. The van der Waals surface area contributed by atoms with Gasteiger partial charge >= 0.3 is 0 Å². The van der Waals surface area contributed by atoms with E-state index >= 15 is 0 Å². The first-order valence-electron chi connectivity index (χ1n) is 3.85. The summed E-state index contributed by atoms with van der Waals surface area (Å²) in [6, 6.07) is 0. The van der Waals surface area contributed by atoms with Gasteiger partial charge in [0.1, 0.15) is 0 Å². The Hall–Kier alpha value is -0.210. The van der Waals surface area contributed by atoms with E-state index in [1.165, 1.54) is 0 Å².